The molecule has 2 N–H and O–H groups in total. The van der Waals surface area contributed by atoms with Crippen LogP contribution in [-0.4, -0.2) is 34.7 Å². The summed E-state index contributed by atoms with van der Waals surface area (Å²) in [6.07, 6.45) is 1.53. The number of oxazole rings is 1. The fourth-order valence-corrected chi connectivity index (χ4v) is 3.66. The van der Waals surface area contributed by atoms with Gasteiger partial charge >= 0.3 is 12.1 Å². The summed E-state index contributed by atoms with van der Waals surface area (Å²) in [4.78, 5) is 32.9. The predicted molar refractivity (Wildman–Crippen MR) is 127 cm³/mol. The number of hydrogen-bond donors (Lipinski definition) is 2. The number of nitrogens with zero attached hydrogens (tertiary/aromatic N) is 1. The average molecular weight is 462 g/mol. The van der Waals surface area contributed by atoms with E-state index in [-0.39, 0.29) is 17.3 Å². The van der Waals surface area contributed by atoms with Gasteiger partial charge in [0.05, 0.1) is 7.11 Å². The number of nitrogens with one attached hydrogen (secondary N) is 2. The molecule has 8 nitrogen and oxygen atoms in total. The summed E-state index contributed by atoms with van der Waals surface area (Å²) in [5.41, 5.74) is 1.87. The number of fused-ring (bicyclic) bond motifs is 1. The first-order valence-corrected chi connectivity index (χ1v) is 10.9. The van der Waals surface area contributed by atoms with Crippen molar-refractivity contribution in [1.82, 2.24) is 15.3 Å². The van der Waals surface area contributed by atoms with Crippen LogP contribution in [0.15, 0.2) is 65.2 Å². The van der Waals surface area contributed by atoms with Gasteiger partial charge in [0.25, 0.3) is 0 Å². The van der Waals surface area contributed by atoms with Gasteiger partial charge in [-0.15, -0.1) is 0 Å². The average Bonchev–Trinajstić information content (AvgIpc) is 3.42. The number of amides is 1. The second-order valence-corrected chi connectivity index (χ2v) is 8.86. The molecule has 0 spiro atoms. The molecule has 34 heavy (non-hydrogen) atoms. The van der Waals surface area contributed by atoms with Gasteiger partial charge in [0.1, 0.15) is 11.6 Å². The number of aromatic nitrogens is 2. The Morgan fingerprint density at radius 1 is 1.09 bits per heavy atom. The number of aromatic amines is 1. The van der Waals surface area contributed by atoms with E-state index < -0.39 is 23.7 Å². The summed E-state index contributed by atoms with van der Waals surface area (Å²) in [6.45, 7) is 5.36. The second-order valence-electron chi connectivity index (χ2n) is 8.86. The van der Waals surface area contributed by atoms with E-state index in [0.717, 1.165) is 16.5 Å². The second kappa shape index (κ2) is 9.43. The molecule has 176 valence electrons. The van der Waals surface area contributed by atoms with Gasteiger partial charge in [-0.3, -0.25) is 0 Å². The molecule has 0 saturated carbocycles. The summed E-state index contributed by atoms with van der Waals surface area (Å²) in [5.74, 6) is -0.190. The Labute approximate surface area is 197 Å². The van der Waals surface area contributed by atoms with Gasteiger partial charge in [-0.1, -0.05) is 48.5 Å². The summed E-state index contributed by atoms with van der Waals surface area (Å²) in [5, 5.41) is 3.71. The van der Waals surface area contributed by atoms with Crippen molar-refractivity contribution in [2.45, 2.75) is 38.8 Å². The van der Waals surface area contributed by atoms with E-state index in [1.165, 1.54) is 7.11 Å². The van der Waals surface area contributed by atoms with Gasteiger partial charge in [-0.25, -0.2) is 14.6 Å². The van der Waals surface area contributed by atoms with Gasteiger partial charge in [-0.05, 0) is 32.4 Å². The van der Waals surface area contributed by atoms with Crippen molar-refractivity contribution in [3.8, 4) is 11.3 Å². The molecular formula is C26H27N3O5. The monoisotopic (exact) mass is 461 g/mol. The lowest BCUT2D eigenvalue weighted by Crippen LogP contribution is -2.36. The minimum atomic E-state index is -0.681. The molecule has 0 radical (unpaired) electrons. The number of ether oxygens (including phenoxy) is 2. The summed E-state index contributed by atoms with van der Waals surface area (Å²) in [6, 6.07) is 16.6. The first-order valence-electron chi connectivity index (χ1n) is 10.9. The van der Waals surface area contributed by atoms with E-state index >= 15 is 0 Å². The highest BCUT2D eigenvalue weighted by Gasteiger charge is 2.30. The highest BCUT2D eigenvalue weighted by Crippen LogP contribution is 2.34. The molecule has 0 aliphatic carbocycles. The normalized spacial score (nSPS) is 12.4. The van der Waals surface area contributed by atoms with Crippen molar-refractivity contribution in [3.05, 3.63) is 77.9 Å². The van der Waals surface area contributed by atoms with Gasteiger partial charge in [0.15, 0.2) is 11.5 Å². The number of carbonyl (C=O) groups is 2. The van der Waals surface area contributed by atoms with E-state index in [0.29, 0.717) is 12.0 Å². The molecule has 2 aromatic carbocycles. The Morgan fingerprint density at radius 3 is 2.50 bits per heavy atom. The van der Waals surface area contributed by atoms with Crippen LogP contribution in [0, 0.1) is 0 Å². The van der Waals surface area contributed by atoms with Crippen molar-refractivity contribution >= 4 is 23.0 Å². The van der Waals surface area contributed by atoms with Crippen LogP contribution in [0.5, 0.6) is 0 Å². The number of hydrogen-bond acceptors (Lipinski definition) is 6. The number of methoxy groups -OCH3 is 1. The lowest BCUT2D eigenvalue weighted by atomic mass is 10.1. The molecule has 0 saturated heterocycles. The summed E-state index contributed by atoms with van der Waals surface area (Å²) in [7, 11) is 1.29. The van der Waals surface area contributed by atoms with Crippen LogP contribution < -0.4 is 5.32 Å². The van der Waals surface area contributed by atoms with Crippen molar-refractivity contribution in [2.24, 2.45) is 0 Å². The Bertz CT molecular complexity index is 1300. The van der Waals surface area contributed by atoms with Crippen molar-refractivity contribution in [1.29, 1.82) is 0 Å². The van der Waals surface area contributed by atoms with Crippen LogP contribution in [0.1, 0.15) is 48.8 Å². The molecule has 4 rings (SSSR count). The Balaban J connectivity index is 1.77. The number of alkyl carbamates (subject to hydrolysis) is 1. The molecule has 2 heterocycles. The largest absolute Gasteiger partial charge is 0.464 e. The maximum atomic E-state index is 12.6. The van der Waals surface area contributed by atoms with Gasteiger partial charge in [-0.2, -0.15) is 0 Å². The minimum absolute atomic E-state index is 0.0336. The third-order valence-corrected chi connectivity index (χ3v) is 5.13. The van der Waals surface area contributed by atoms with E-state index in [9.17, 15) is 9.59 Å². The van der Waals surface area contributed by atoms with Gasteiger partial charge < -0.3 is 24.2 Å². The fraction of sp³-hybridized carbons (Fsp3) is 0.269. The topological polar surface area (TPSA) is 106 Å². The Hall–Kier alpha value is -4.07. The zero-order valence-electron chi connectivity index (χ0n) is 19.5. The summed E-state index contributed by atoms with van der Waals surface area (Å²) >= 11 is 0. The maximum Gasteiger partial charge on any atom is 0.408 e. The highest BCUT2D eigenvalue weighted by atomic mass is 16.6. The van der Waals surface area contributed by atoms with Gasteiger partial charge in [0, 0.05) is 29.1 Å². The van der Waals surface area contributed by atoms with Crippen molar-refractivity contribution < 1.29 is 23.5 Å². The molecule has 8 heteroatoms. The van der Waals surface area contributed by atoms with E-state index in [1.54, 1.807) is 27.0 Å². The van der Waals surface area contributed by atoms with Crippen molar-refractivity contribution in [3.63, 3.8) is 0 Å². The standard InChI is InChI=1S/C26H27N3O5/c1-26(2,3)34-25(31)28-20(14-16-10-6-5-7-11-16)23-29-21(24(30)32-4)22(33-23)18-15-27-19-13-9-8-12-17(18)19/h5-13,15,20,27H,14H2,1-4H3,(H,28,31). The third kappa shape index (κ3) is 5.11. The maximum absolute atomic E-state index is 12.6. The minimum Gasteiger partial charge on any atom is -0.464 e. The molecule has 0 aliphatic rings. The quantitative estimate of drug-likeness (QED) is 0.372. The zero-order chi connectivity index (χ0) is 24.3. The Kier molecular flexibility index (Phi) is 6.40. The van der Waals surface area contributed by atoms with E-state index in [1.807, 2.05) is 54.6 Å². The van der Waals surface area contributed by atoms with Crippen LogP contribution in [0.4, 0.5) is 4.79 Å². The number of para-hydroxylation sites is 1. The summed E-state index contributed by atoms with van der Waals surface area (Å²) < 4.78 is 16.6. The smallest absolute Gasteiger partial charge is 0.408 e. The number of esters is 1. The lowest BCUT2D eigenvalue weighted by Gasteiger charge is -2.22. The molecule has 1 amide bonds. The van der Waals surface area contributed by atoms with Crippen LogP contribution in [0.2, 0.25) is 0 Å². The number of carbonyl (C=O) groups excluding carboxylic acids is 2. The third-order valence-electron chi connectivity index (χ3n) is 5.13. The number of benzene rings is 2. The molecular weight excluding hydrogens is 434 g/mol. The first kappa shape index (κ1) is 23.1. The molecule has 4 aromatic rings. The number of rotatable bonds is 6. The van der Waals surface area contributed by atoms with Crippen LogP contribution >= 0.6 is 0 Å². The predicted octanol–water partition coefficient (Wildman–Crippen LogP) is 5.42. The fourth-order valence-electron chi connectivity index (χ4n) is 3.66. The van der Waals surface area contributed by atoms with E-state index in [2.05, 4.69) is 15.3 Å². The van der Waals surface area contributed by atoms with Crippen molar-refractivity contribution in [2.75, 3.05) is 7.11 Å². The number of H-pyrrole nitrogens is 1. The van der Waals surface area contributed by atoms with Crippen LogP contribution in [0.3, 0.4) is 0 Å². The first-order chi connectivity index (χ1) is 16.2. The lowest BCUT2D eigenvalue weighted by molar-refractivity contribution is 0.0495. The zero-order valence-corrected chi connectivity index (χ0v) is 19.5. The molecule has 1 atom stereocenters. The Morgan fingerprint density at radius 2 is 1.79 bits per heavy atom. The molecule has 2 aromatic heterocycles. The molecule has 1 unspecified atom stereocenters. The van der Waals surface area contributed by atoms with E-state index in [4.69, 9.17) is 13.9 Å². The SMILES string of the molecule is COC(=O)c1nc(C(Cc2ccccc2)NC(=O)OC(C)(C)C)oc1-c1c[nH]c2ccccc12. The van der Waals surface area contributed by atoms with Crippen LogP contribution in [-0.2, 0) is 15.9 Å². The van der Waals surface area contributed by atoms with Gasteiger partial charge in [0.2, 0.25) is 5.89 Å². The van der Waals surface area contributed by atoms with Crippen LogP contribution in [0.25, 0.3) is 22.2 Å². The molecule has 0 fully saturated rings. The highest BCUT2D eigenvalue weighted by molar-refractivity contribution is 6.01. The molecule has 0 aliphatic heterocycles. The molecule has 0 bridgehead atoms.